The van der Waals surface area contributed by atoms with E-state index in [9.17, 15) is 5.11 Å². The molecule has 1 unspecified atom stereocenters. The van der Waals surface area contributed by atoms with Crippen molar-refractivity contribution < 1.29 is 5.11 Å². The molecule has 2 aliphatic heterocycles. The highest BCUT2D eigenvalue weighted by Crippen LogP contribution is 2.38. The van der Waals surface area contributed by atoms with Crippen LogP contribution in [-0.4, -0.2) is 81.3 Å². The van der Waals surface area contributed by atoms with E-state index in [0.717, 1.165) is 35.7 Å². The minimum Gasteiger partial charge on any atom is -0.390 e. The predicted molar refractivity (Wildman–Crippen MR) is 96.9 cm³/mol. The fourth-order valence-corrected chi connectivity index (χ4v) is 8.08. The molecule has 4 aliphatic rings. The molecule has 0 aromatic rings. The molecule has 2 aliphatic carbocycles. The summed E-state index contributed by atoms with van der Waals surface area (Å²) in [5.41, 5.74) is 0. The van der Waals surface area contributed by atoms with E-state index in [4.69, 9.17) is 0 Å². The number of aliphatic hydroxyl groups is 1. The molecule has 5 atom stereocenters. The van der Waals surface area contributed by atoms with Gasteiger partial charge in [-0.05, 0) is 25.7 Å². The normalized spacial score (nSPS) is 41.3. The standard InChI is InChI=1S/C17H30N2OS2/c20-13(11-18-7-9-21-16-5-1-3-14(16)18)12-19-8-10-22-17-6-2-4-15(17)19/h13-17,20H,1-12H2/t13?,14-,15-,16-,17+/m0/s1. The molecule has 2 saturated heterocycles. The van der Waals surface area contributed by atoms with Crippen LogP contribution in [0.2, 0.25) is 0 Å². The monoisotopic (exact) mass is 342 g/mol. The zero-order valence-corrected chi connectivity index (χ0v) is 15.2. The highest BCUT2D eigenvalue weighted by Gasteiger charge is 2.38. The maximum Gasteiger partial charge on any atom is 0.0794 e. The molecule has 0 bridgehead atoms. The van der Waals surface area contributed by atoms with Gasteiger partial charge in [-0.3, -0.25) is 9.80 Å². The van der Waals surface area contributed by atoms with Gasteiger partial charge in [-0.25, -0.2) is 0 Å². The van der Waals surface area contributed by atoms with Gasteiger partial charge in [0.05, 0.1) is 6.10 Å². The van der Waals surface area contributed by atoms with Gasteiger partial charge in [-0.15, -0.1) is 0 Å². The van der Waals surface area contributed by atoms with Crippen LogP contribution in [0.3, 0.4) is 0 Å². The number of hydrogen-bond acceptors (Lipinski definition) is 5. The third kappa shape index (κ3) is 3.34. The molecular formula is C17H30N2OS2. The lowest BCUT2D eigenvalue weighted by molar-refractivity contribution is 0.0486. The van der Waals surface area contributed by atoms with Crippen LogP contribution in [-0.2, 0) is 0 Å². The zero-order chi connectivity index (χ0) is 14.9. The Balaban J connectivity index is 1.31. The first-order valence-electron chi connectivity index (χ1n) is 9.20. The van der Waals surface area contributed by atoms with Crippen LogP contribution < -0.4 is 0 Å². The Kier molecular flexibility index (Phi) is 5.27. The molecule has 0 amide bonds. The summed E-state index contributed by atoms with van der Waals surface area (Å²) >= 11 is 4.35. The molecule has 5 heteroatoms. The SMILES string of the molecule is OC(CN1CCS[C@H]2CCC[C@@H]21)CN1CCS[C@@H]2CCC[C@@H]21. The Morgan fingerprint density at radius 2 is 1.32 bits per heavy atom. The highest BCUT2D eigenvalue weighted by molar-refractivity contribution is 8.00. The number of aliphatic hydroxyl groups excluding tert-OH is 1. The predicted octanol–water partition coefficient (Wildman–Crippen LogP) is 2.29. The topological polar surface area (TPSA) is 26.7 Å². The maximum atomic E-state index is 10.7. The van der Waals surface area contributed by atoms with Crippen molar-refractivity contribution >= 4 is 23.5 Å². The number of nitrogens with zero attached hydrogens (tertiary/aromatic N) is 2. The zero-order valence-electron chi connectivity index (χ0n) is 13.5. The van der Waals surface area contributed by atoms with Crippen molar-refractivity contribution in [1.82, 2.24) is 9.80 Å². The summed E-state index contributed by atoms with van der Waals surface area (Å²) in [5, 5.41) is 12.4. The van der Waals surface area contributed by atoms with Crippen molar-refractivity contribution in [2.24, 2.45) is 0 Å². The molecule has 2 saturated carbocycles. The summed E-state index contributed by atoms with van der Waals surface area (Å²) < 4.78 is 0. The second-order valence-corrected chi connectivity index (χ2v) is 10.2. The van der Waals surface area contributed by atoms with E-state index in [1.165, 1.54) is 63.1 Å². The largest absolute Gasteiger partial charge is 0.390 e. The van der Waals surface area contributed by atoms with Gasteiger partial charge in [0.2, 0.25) is 0 Å². The summed E-state index contributed by atoms with van der Waals surface area (Å²) in [6.07, 6.45) is 8.13. The van der Waals surface area contributed by atoms with E-state index in [2.05, 4.69) is 33.3 Å². The van der Waals surface area contributed by atoms with Gasteiger partial charge in [0.25, 0.3) is 0 Å². The van der Waals surface area contributed by atoms with Gasteiger partial charge in [0, 0.05) is 60.3 Å². The van der Waals surface area contributed by atoms with Crippen LogP contribution in [0.1, 0.15) is 38.5 Å². The molecule has 1 N–H and O–H groups in total. The van der Waals surface area contributed by atoms with Crippen LogP contribution in [0.5, 0.6) is 0 Å². The molecule has 126 valence electrons. The van der Waals surface area contributed by atoms with Crippen molar-refractivity contribution in [1.29, 1.82) is 0 Å². The van der Waals surface area contributed by atoms with E-state index in [0.29, 0.717) is 0 Å². The Morgan fingerprint density at radius 3 is 1.82 bits per heavy atom. The van der Waals surface area contributed by atoms with Crippen molar-refractivity contribution in [3.05, 3.63) is 0 Å². The van der Waals surface area contributed by atoms with Gasteiger partial charge in [0.1, 0.15) is 0 Å². The third-order valence-corrected chi connectivity index (χ3v) is 8.88. The van der Waals surface area contributed by atoms with Gasteiger partial charge in [-0.1, -0.05) is 12.8 Å². The molecule has 4 fully saturated rings. The van der Waals surface area contributed by atoms with Crippen LogP contribution in [0, 0.1) is 0 Å². The van der Waals surface area contributed by atoms with Gasteiger partial charge in [-0.2, -0.15) is 23.5 Å². The van der Waals surface area contributed by atoms with Gasteiger partial charge in [0.15, 0.2) is 0 Å². The van der Waals surface area contributed by atoms with E-state index in [-0.39, 0.29) is 6.10 Å². The maximum absolute atomic E-state index is 10.7. The minimum atomic E-state index is -0.159. The Morgan fingerprint density at radius 1 is 0.818 bits per heavy atom. The number of fused-ring (bicyclic) bond motifs is 2. The third-order valence-electron chi connectivity index (χ3n) is 6.08. The first-order valence-corrected chi connectivity index (χ1v) is 11.3. The number of β-amino-alcohol motifs (C(OH)–C–C–N with tert-alkyl or cyclic N) is 1. The lowest BCUT2D eigenvalue weighted by Gasteiger charge is -2.41. The molecule has 3 nitrogen and oxygen atoms in total. The van der Waals surface area contributed by atoms with Crippen LogP contribution in [0.4, 0.5) is 0 Å². The Hall–Kier alpha value is 0.580. The fourth-order valence-electron chi connectivity index (χ4n) is 5.06. The van der Waals surface area contributed by atoms with E-state index < -0.39 is 0 Å². The van der Waals surface area contributed by atoms with Crippen molar-refractivity contribution in [2.75, 3.05) is 37.7 Å². The highest BCUT2D eigenvalue weighted by atomic mass is 32.2. The summed E-state index contributed by atoms with van der Waals surface area (Å²) in [6, 6.07) is 1.51. The smallest absolute Gasteiger partial charge is 0.0794 e. The average molecular weight is 343 g/mol. The van der Waals surface area contributed by atoms with E-state index in [1.54, 1.807) is 0 Å². The number of rotatable bonds is 4. The molecule has 0 radical (unpaired) electrons. The molecule has 22 heavy (non-hydrogen) atoms. The second-order valence-electron chi connectivity index (χ2n) is 7.46. The Bertz CT molecular complexity index is 350. The van der Waals surface area contributed by atoms with Gasteiger partial charge < -0.3 is 5.11 Å². The molecule has 2 heterocycles. The Labute approximate surface area is 143 Å². The summed E-state index contributed by atoms with van der Waals surface area (Å²) in [6.45, 7) is 4.18. The van der Waals surface area contributed by atoms with Crippen LogP contribution in [0.25, 0.3) is 0 Å². The summed E-state index contributed by atoms with van der Waals surface area (Å²) in [4.78, 5) is 5.23. The first kappa shape index (κ1) is 16.1. The summed E-state index contributed by atoms with van der Waals surface area (Å²) in [5.74, 6) is 2.53. The average Bonchev–Trinajstić information content (AvgIpc) is 3.16. The quantitative estimate of drug-likeness (QED) is 0.846. The lowest BCUT2D eigenvalue weighted by Crippen LogP contribution is -2.52. The molecule has 0 aromatic heterocycles. The van der Waals surface area contributed by atoms with Crippen LogP contribution in [0.15, 0.2) is 0 Å². The lowest BCUT2D eigenvalue weighted by atomic mass is 10.1. The molecule has 0 aromatic carbocycles. The molecule has 0 spiro atoms. The van der Waals surface area contributed by atoms with Crippen molar-refractivity contribution in [2.45, 2.75) is 67.2 Å². The van der Waals surface area contributed by atoms with Crippen molar-refractivity contribution in [3.63, 3.8) is 0 Å². The number of hydrogen-bond donors (Lipinski definition) is 1. The first-order chi connectivity index (χ1) is 10.8. The molecular weight excluding hydrogens is 312 g/mol. The van der Waals surface area contributed by atoms with E-state index in [1.807, 2.05) is 0 Å². The van der Waals surface area contributed by atoms with Crippen molar-refractivity contribution in [3.8, 4) is 0 Å². The molecule has 4 rings (SSSR count). The second kappa shape index (κ2) is 7.22. The number of thioether (sulfide) groups is 2. The van der Waals surface area contributed by atoms with Gasteiger partial charge >= 0.3 is 0 Å². The van der Waals surface area contributed by atoms with Crippen LogP contribution >= 0.6 is 23.5 Å². The van der Waals surface area contributed by atoms with E-state index >= 15 is 0 Å². The minimum absolute atomic E-state index is 0.159. The summed E-state index contributed by atoms with van der Waals surface area (Å²) in [7, 11) is 0. The fraction of sp³-hybridized carbons (Fsp3) is 1.00.